The Bertz CT molecular complexity index is 836. The molecule has 1 aromatic heterocycles. The highest BCUT2D eigenvalue weighted by Crippen LogP contribution is 2.17. The third-order valence-electron chi connectivity index (χ3n) is 4.20. The number of para-hydroxylation sites is 1. The van der Waals surface area contributed by atoms with Crippen LogP contribution in [0.3, 0.4) is 0 Å². The van der Waals surface area contributed by atoms with Crippen LogP contribution in [0.1, 0.15) is 11.1 Å². The van der Waals surface area contributed by atoms with E-state index in [0.717, 1.165) is 25.5 Å². The topological polar surface area (TPSA) is 52.2 Å². The standard InChI is InChI=1S/C20H24N4S/c1-21-20(24-13-15-7-9-17(25-2)10-8-15)22-12-11-16-14-23-19-6-4-3-5-18(16)19/h3-10,14,23H,11-13H2,1-2H3,(H2,21,22,24). The second-order valence-electron chi connectivity index (χ2n) is 5.81. The van der Waals surface area contributed by atoms with E-state index in [1.165, 1.54) is 26.9 Å². The Labute approximate surface area is 153 Å². The highest BCUT2D eigenvalue weighted by atomic mass is 32.2. The summed E-state index contributed by atoms with van der Waals surface area (Å²) >= 11 is 1.76. The van der Waals surface area contributed by atoms with Crippen LogP contribution in [0.15, 0.2) is 64.6 Å². The molecule has 0 fully saturated rings. The quantitative estimate of drug-likeness (QED) is 0.359. The Kier molecular flexibility index (Phi) is 6.01. The fourth-order valence-electron chi connectivity index (χ4n) is 2.80. The number of fused-ring (bicyclic) bond motifs is 1. The minimum absolute atomic E-state index is 0.765. The van der Waals surface area contributed by atoms with Crippen molar-refractivity contribution in [2.45, 2.75) is 17.9 Å². The second-order valence-corrected chi connectivity index (χ2v) is 6.69. The van der Waals surface area contributed by atoms with Crippen LogP contribution in [0.2, 0.25) is 0 Å². The molecular weight excluding hydrogens is 328 g/mol. The van der Waals surface area contributed by atoms with E-state index >= 15 is 0 Å². The number of nitrogens with one attached hydrogen (secondary N) is 3. The first kappa shape index (κ1) is 17.4. The molecule has 1 heterocycles. The first-order valence-electron chi connectivity index (χ1n) is 8.42. The van der Waals surface area contributed by atoms with Crippen molar-refractivity contribution in [3.8, 4) is 0 Å². The van der Waals surface area contributed by atoms with Crippen molar-refractivity contribution in [1.82, 2.24) is 15.6 Å². The van der Waals surface area contributed by atoms with Gasteiger partial charge < -0.3 is 15.6 Å². The maximum atomic E-state index is 4.30. The number of aromatic amines is 1. The van der Waals surface area contributed by atoms with Gasteiger partial charge in [-0.25, -0.2) is 0 Å². The predicted molar refractivity (Wildman–Crippen MR) is 108 cm³/mol. The van der Waals surface area contributed by atoms with Crippen molar-refractivity contribution < 1.29 is 0 Å². The third-order valence-corrected chi connectivity index (χ3v) is 4.95. The molecule has 0 unspecified atom stereocenters. The number of H-pyrrole nitrogens is 1. The van der Waals surface area contributed by atoms with E-state index in [2.05, 4.69) is 81.6 Å². The van der Waals surface area contributed by atoms with Crippen LogP contribution in [0.5, 0.6) is 0 Å². The number of aliphatic imine (C=N–C) groups is 1. The van der Waals surface area contributed by atoms with Crippen LogP contribution in [-0.4, -0.2) is 30.8 Å². The smallest absolute Gasteiger partial charge is 0.191 e. The molecule has 3 rings (SSSR count). The fourth-order valence-corrected chi connectivity index (χ4v) is 3.21. The number of thioether (sulfide) groups is 1. The van der Waals surface area contributed by atoms with Crippen molar-refractivity contribution in [3.05, 3.63) is 65.9 Å². The zero-order chi connectivity index (χ0) is 17.5. The molecule has 0 bridgehead atoms. The molecule has 130 valence electrons. The van der Waals surface area contributed by atoms with Gasteiger partial charge in [0.25, 0.3) is 0 Å². The molecule has 3 aromatic rings. The number of aromatic nitrogens is 1. The molecule has 0 radical (unpaired) electrons. The summed E-state index contributed by atoms with van der Waals surface area (Å²) in [5, 5.41) is 8.04. The molecule has 0 atom stereocenters. The number of hydrogen-bond donors (Lipinski definition) is 3. The van der Waals surface area contributed by atoms with E-state index < -0.39 is 0 Å². The Morgan fingerprint density at radius 2 is 1.88 bits per heavy atom. The van der Waals surface area contributed by atoms with Gasteiger partial charge in [-0.3, -0.25) is 4.99 Å². The first-order valence-corrected chi connectivity index (χ1v) is 9.65. The van der Waals surface area contributed by atoms with Gasteiger partial charge in [0.1, 0.15) is 0 Å². The van der Waals surface area contributed by atoms with E-state index in [4.69, 9.17) is 0 Å². The highest BCUT2D eigenvalue weighted by Gasteiger charge is 2.03. The van der Waals surface area contributed by atoms with Crippen molar-refractivity contribution in [1.29, 1.82) is 0 Å². The van der Waals surface area contributed by atoms with E-state index in [9.17, 15) is 0 Å². The van der Waals surface area contributed by atoms with Gasteiger partial charge in [-0.05, 0) is 42.0 Å². The summed E-state index contributed by atoms with van der Waals surface area (Å²) in [6.45, 7) is 1.61. The Morgan fingerprint density at radius 3 is 2.64 bits per heavy atom. The summed E-state index contributed by atoms with van der Waals surface area (Å²) in [6.07, 6.45) is 5.13. The molecule has 2 aromatic carbocycles. The highest BCUT2D eigenvalue weighted by molar-refractivity contribution is 7.98. The Balaban J connectivity index is 1.49. The van der Waals surface area contributed by atoms with Crippen molar-refractivity contribution in [3.63, 3.8) is 0 Å². The second kappa shape index (κ2) is 8.62. The molecule has 4 nitrogen and oxygen atoms in total. The molecule has 0 amide bonds. The van der Waals surface area contributed by atoms with E-state index in [-0.39, 0.29) is 0 Å². The normalized spacial score (nSPS) is 11.7. The Morgan fingerprint density at radius 1 is 1.08 bits per heavy atom. The SMILES string of the molecule is CN=C(NCCc1c[nH]c2ccccc12)NCc1ccc(SC)cc1. The van der Waals surface area contributed by atoms with Crippen LogP contribution in [-0.2, 0) is 13.0 Å². The van der Waals surface area contributed by atoms with Crippen LogP contribution >= 0.6 is 11.8 Å². The molecule has 0 aliphatic heterocycles. The van der Waals surface area contributed by atoms with Gasteiger partial charge in [-0.15, -0.1) is 11.8 Å². The maximum absolute atomic E-state index is 4.30. The molecule has 0 saturated carbocycles. The lowest BCUT2D eigenvalue weighted by Crippen LogP contribution is -2.37. The van der Waals surface area contributed by atoms with Gasteiger partial charge in [0.15, 0.2) is 5.96 Å². The number of rotatable bonds is 6. The van der Waals surface area contributed by atoms with E-state index in [1.54, 1.807) is 18.8 Å². The van der Waals surface area contributed by atoms with Crippen molar-refractivity contribution in [2.24, 2.45) is 4.99 Å². The summed E-state index contributed by atoms with van der Waals surface area (Å²) in [4.78, 5) is 8.90. The van der Waals surface area contributed by atoms with Gasteiger partial charge in [0.2, 0.25) is 0 Å². The monoisotopic (exact) mass is 352 g/mol. The zero-order valence-corrected chi connectivity index (χ0v) is 15.5. The van der Waals surface area contributed by atoms with Gasteiger partial charge in [0.05, 0.1) is 0 Å². The lowest BCUT2D eigenvalue weighted by atomic mass is 10.1. The van der Waals surface area contributed by atoms with E-state index in [1.807, 2.05) is 0 Å². The van der Waals surface area contributed by atoms with Crippen molar-refractivity contribution in [2.75, 3.05) is 19.8 Å². The summed E-state index contributed by atoms with van der Waals surface area (Å²) in [6, 6.07) is 17.0. The number of hydrogen-bond acceptors (Lipinski definition) is 2. The van der Waals surface area contributed by atoms with Gasteiger partial charge in [-0.2, -0.15) is 0 Å². The average Bonchev–Trinajstić information content (AvgIpc) is 3.08. The largest absolute Gasteiger partial charge is 0.361 e. The number of benzene rings is 2. The zero-order valence-electron chi connectivity index (χ0n) is 14.7. The number of nitrogens with zero attached hydrogens (tertiary/aromatic N) is 1. The van der Waals surface area contributed by atoms with Crippen LogP contribution in [0.4, 0.5) is 0 Å². The average molecular weight is 353 g/mol. The van der Waals surface area contributed by atoms with Gasteiger partial charge in [-0.1, -0.05) is 30.3 Å². The molecule has 0 saturated heterocycles. The van der Waals surface area contributed by atoms with Crippen LogP contribution in [0.25, 0.3) is 10.9 Å². The summed E-state index contributed by atoms with van der Waals surface area (Å²) in [5.74, 6) is 0.828. The maximum Gasteiger partial charge on any atom is 0.191 e. The third kappa shape index (κ3) is 4.57. The predicted octanol–water partition coefficient (Wildman–Crippen LogP) is 3.80. The Hall–Kier alpha value is -2.40. The molecule has 0 aliphatic rings. The molecule has 0 aliphatic carbocycles. The summed E-state index contributed by atoms with van der Waals surface area (Å²) in [7, 11) is 1.80. The van der Waals surface area contributed by atoms with Crippen molar-refractivity contribution >= 4 is 28.6 Å². The molecule has 0 spiro atoms. The minimum Gasteiger partial charge on any atom is -0.361 e. The first-order chi connectivity index (χ1) is 12.3. The van der Waals surface area contributed by atoms with Crippen LogP contribution in [0, 0.1) is 0 Å². The lowest BCUT2D eigenvalue weighted by molar-refractivity contribution is 0.796. The summed E-state index contributed by atoms with van der Waals surface area (Å²) < 4.78 is 0. The minimum atomic E-state index is 0.765. The molecule has 5 heteroatoms. The molecule has 3 N–H and O–H groups in total. The lowest BCUT2D eigenvalue weighted by Gasteiger charge is -2.12. The fraction of sp³-hybridized carbons (Fsp3) is 0.250. The van der Waals surface area contributed by atoms with Gasteiger partial charge >= 0.3 is 0 Å². The van der Waals surface area contributed by atoms with Crippen LogP contribution < -0.4 is 10.6 Å². The summed E-state index contributed by atoms with van der Waals surface area (Å²) in [5.41, 5.74) is 3.76. The molecule has 25 heavy (non-hydrogen) atoms. The van der Waals surface area contributed by atoms with Gasteiger partial charge in [0, 0.05) is 42.1 Å². The molecular formula is C20H24N4S. The number of guanidine groups is 1. The van der Waals surface area contributed by atoms with E-state index in [0.29, 0.717) is 0 Å².